The lowest BCUT2D eigenvalue weighted by atomic mass is 10.0. The van der Waals surface area contributed by atoms with E-state index in [0.717, 1.165) is 30.8 Å². The SMILES string of the molecule is COc1ccc(N(C)CC2(CC(N)=NO)CC2)cc1. The molecule has 1 fully saturated rings. The number of nitrogens with two attached hydrogens (primary N) is 1. The van der Waals surface area contributed by atoms with Crippen molar-refractivity contribution < 1.29 is 9.94 Å². The molecule has 19 heavy (non-hydrogen) atoms. The topological polar surface area (TPSA) is 71.1 Å². The van der Waals surface area contributed by atoms with Crippen LogP contribution in [0.1, 0.15) is 19.3 Å². The molecule has 0 heterocycles. The van der Waals surface area contributed by atoms with Crippen LogP contribution < -0.4 is 15.4 Å². The van der Waals surface area contributed by atoms with Crippen LogP contribution in [-0.2, 0) is 0 Å². The van der Waals surface area contributed by atoms with Gasteiger partial charge in [0.1, 0.15) is 11.6 Å². The normalized spacial score (nSPS) is 17.1. The zero-order chi connectivity index (χ0) is 13.9. The number of methoxy groups -OCH3 is 1. The second-order valence-electron chi connectivity index (χ2n) is 5.32. The molecular formula is C14H21N3O2. The van der Waals surface area contributed by atoms with Crippen molar-refractivity contribution in [2.45, 2.75) is 19.3 Å². The van der Waals surface area contributed by atoms with Crippen molar-refractivity contribution in [1.29, 1.82) is 0 Å². The minimum absolute atomic E-state index is 0.172. The molecule has 0 aliphatic heterocycles. The second-order valence-corrected chi connectivity index (χ2v) is 5.32. The Kier molecular flexibility index (Phi) is 3.83. The molecular weight excluding hydrogens is 242 g/mol. The lowest BCUT2D eigenvalue weighted by Crippen LogP contribution is -2.30. The van der Waals surface area contributed by atoms with Gasteiger partial charge in [0.25, 0.3) is 0 Å². The molecule has 5 nitrogen and oxygen atoms in total. The molecule has 0 saturated heterocycles. The number of rotatable bonds is 6. The van der Waals surface area contributed by atoms with Crippen LogP contribution in [0.2, 0.25) is 0 Å². The fraction of sp³-hybridized carbons (Fsp3) is 0.500. The zero-order valence-electron chi connectivity index (χ0n) is 11.5. The molecule has 0 atom stereocenters. The predicted molar refractivity (Wildman–Crippen MR) is 76.0 cm³/mol. The van der Waals surface area contributed by atoms with Crippen molar-refractivity contribution in [2.24, 2.45) is 16.3 Å². The van der Waals surface area contributed by atoms with Crippen molar-refractivity contribution in [3.63, 3.8) is 0 Å². The summed E-state index contributed by atoms with van der Waals surface area (Å²) < 4.78 is 5.15. The van der Waals surface area contributed by atoms with Gasteiger partial charge in [-0.25, -0.2) is 0 Å². The highest BCUT2D eigenvalue weighted by Gasteiger charge is 2.44. The van der Waals surface area contributed by atoms with Crippen LogP contribution in [0, 0.1) is 5.41 Å². The summed E-state index contributed by atoms with van der Waals surface area (Å²) in [5.74, 6) is 1.18. The first-order chi connectivity index (χ1) is 9.08. The molecule has 1 aliphatic carbocycles. The number of hydrogen-bond acceptors (Lipinski definition) is 4. The van der Waals surface area contributed by atoms with E-state index in [2.05, 4.69) is 17.1 Å². The highest BCUT2D eigenvalue weighted by molar-refractivity contribution is 5.80. The van der Waals surface area contributed by atoms with Gasteiger partial charge in [-0.15, -0.1) is 0 Å². The first-order valence-corrected chi connectivity index (χ1v) is 6.40. The molecule has 0 spiro atoms. The van der Waals surface area contributed by atoms with Gasteiger partial charge in [-0.05, 0) is 42.5 Å². The maximum absolute atomic E-state index is 8.67. The summed E-state index contributed by atoms with van der Waals surface area (Å²) in [6, 6.07) is 7.99. The van der Waals surface area contributed by atoms with Gasteiger partial charge < -0.3 is 20.6 Å². The number of oxime groups is 1. The van der Waals surface area contributed by atoms with Crippen molar-refractivity contribution in [3.8, 4) is 5.75 Å². The van der Waals surface area contributed by atoms with Gasteiger partial charge >= 0.3 is 0 Å². The smallest absolute Gasteiger partial charge is 0.139 e. The van der Waals surface area contributed by atoms with Crippen molar-refractivity contribution in [2.75, 3.05) is 25.6 Å². The van der Waals surface area contributed by atoms with Gasteiger partial charge in [0.15, 0.2) is 0 Å². The average Bonchev–Trinajstić information content (AvgIpc) is 3.18. The van der Waals surface area contributed by atoms with E-state index in [1.54, 1.807) is 7.11 Å². The van der Waals surface area contributed by atoms with Gasteiger partial charge in [-0.3, -0.25) is 0 Å². The van der Waals surface area contributed by atoms with Crippen LogP contribution in [0.4, 0.5) is 5.69 Å². The Morgan fingerprint density at radius 3 is 2.53 bits per heavy atom. The molecule has 0 unspecified atom stereocenters. The van der Waals surface area contributed by atoms with Crippen LogP contribution in [-0.4, -0.2) is 31.7 Å². The lowest BCUT2D eigenvalue weighted by Gasteiger charge is -2.25. The second kappa shape index (κ2) is 5.38. The average molecular weight is 263 g/mol. The van der Waals surface area contributed by atoms with Crippen molar-refractivity contribution >= 4 is 11.5 Å². The Labute approximate surface area is 113 Å². The predicted octanol–water partition coefficient (Wildman–Crippen LogP) is 2.05. The summed E-state index contributed by atoms with van der Waals surface area (Å²) in [5.41, 5.74) is 6.93. The van der Waals surface area contributed by atoms with E-state index in [0.29, 0.717) is 12.3 Å². The summed E-state index contributed by atoms with van der Waals surface area (Å²) in [6.07, 6.45) is 2.91. The van der Waals surface area contributed by atoms with E-state index >= 15 is 0 Å². The molecule has 5 heteroatoms. The van der Waals surface area contributed by atoms with Crippen LogP contribution >= 0.6 is 0 Å². The monoisotopic (exact) mass is 263 g/mol. The first kappa shape index (κ1) is 13.5. The van der Waals surface area contributed by atoms with E-state index in [9.17, 15) is 0 Å². The molecule has 0 amide bonds. The highest BCUT2D eigenvalue weighted by Crippen LogP contribution is 2.49. The molecule has 1 aromatic carbocycles. The molecule has 104 valence electrons. The third kappa shape index (κ3) is 3.30. The molecule has 0 bridgehead atoms. The van der Waals surface area contributed by atoms with E-state index in [4.69, 9.17) is 15.7 Å². The molecule has 3 N–H and O–H groups in total. The summed E-state index contributed by atoms with van der Waals surface area (Å²) in [4.78, 5) is 2.21. The molecule has 0 radical (unpaired) electrons. The number of hydrogen-bond donors (Lipinski definition) is 2. The first-order valence-electron chi connectivity index (χ1n) is 6.40. The number of amidine groups is 1. The Bertz CT molecular complexity index is 452. The largest absolute Gasteiger partial charge is 0.497 e. The summed E-state index contributed by atoms with van der Waals surface area (Å²) in [7, 11) is 3.73. The Morgan fingerprint density at radius 2 is 2.05 bits per heavy atom. The van der Waals surface area contributed by atoms with Crippen LogP contribution in [0.5, 0.6) is 5.75 Å². The molecule has 1 aromatic rings. The maximum atomic E-state index is 8.67. The Hall–Kier alpha value is -1.91. The summed E-state index contributed by atoms with van der Waals surface area (Å²) in [5, 5.41) is 11.7. The lowest BCUT2D eigenvalue weighted by molar-refractivity contribution is 0.314. The van der Waals surface area contributed by atoms with Crippen molar-refractivity contribution in [1.82, 2.24) is 0 Å². The van der Waals surface area contributed by atoms with Gasteiger partial charge in [0.2, 0.25) is 0 Å². The fourth-order valence-corrected chi connectivity index (χ4v) is 2.42. The van der Waals surface area contributed by atoms with E-state index < -0.39 is 0 Å². The number of anilines is 1. The quantitative estimate of drug-likeness (QED) is 0.356. The highest BCUT2D eigenvalue weighted by atomic mass is 16.5. The third-order valence-electron chi connectivity index (χ3n) is 3.73. The molecule has 0 aromatic heterocycles. The van der Waals surface area contributed by atoms with Gasteiger partial charge in [-0.1, -0.05) is 5.16 Å². The Morgan fingerprint density at radius 1 is 1.42 bits per heavy atom. The van der Waals surface area contributed by atoms with Crippen LogP contribution in [0.25, 0.3) is 0 Å². The van der Waals surface area contributed by atoms with E-state index in [-0.39, 0.29) is 5.41 Å². The minimum Gasteiger partial charge on any atom is -0.497 e. The van der Waals surface area contributed by atoms with Gasteiger partial charge in [0, 0.05) is 25.7 Å². The molecule has 1 saturated carbocycles. The van der Waals surface area contributed by atoms with Crippen LogP contribution in [0.15, 0.2) is 29.4 Å². The fourth-order valence-electron chi connectivity index (χ4n) is 2.42. The summed E-state index contributed by atoms with van der Waals surface area (Å²) in [6.45, 7) is 0.912. The van der Waals surface area contributed by atoms with Gasteiger partial charge in [-0.2, -0.15) is 0 Å². The summed E-state index contributed by atoms with van der Waals surface area (Å²) >= 11 is 0. The molecule has 1 aliphatic rings. The van der Waals surface area contributed by atoms with Crippen LogP contribution in [0.3, 0.4) is 0 Å². The minimum atomic E-state index is 0.172. The zero-order valence-corrected chi connectivity index (χ0v) is 11.5. The standard InChI is InChI=1S/C14H21N3O2/c1-17(11-3-5-12(19-2)6-4-11)10-14(7-8-14)9-13(15)16-18/h3-6,18H,7-10H2,1-2H3,(H2,15,16). The van der Waals surface area contributed by atoms with E-state index in [1.807, 2.05) is 24.3 Å². The van der Waals surface area contributed by atoms with E-state index in [1.165, 1.54) is 0 Å². The van der Waals surface area contributed by atoms with Crippen molar-refractivity contribution in [3.05, 3.63) is 24.3 Å². The van der Waals surface area contributed by atoms with Gasteiger partial charge in [0.05, 0.1) is 7.11 Å². The third-order valence-corrected chi connectivity index (χ3v) is 3.73. The number of ether oxygens (including phenoxy) is 1. The number of benzene rings is 1. The Balaban J connectivity index is 1.98. The number of nitrogens with zero attached hydrogens (tertiary/aromatic N) is 2. The molecule has 2 rings (SSSR count). The maximum Gasteiger partial charge on any atom is 0.139 e.